The highest BCUT2D eigenvalue weighted by Gasteiger charge is 2.20. The third kappa shape index (κ3) is 2.63. The Labute approximate surface area is 110 Å². The SMILES string of the molecule is O=C(N[C@@H]1CCNC1)c1cc(-c2ccncc2)no1. The van der Waals surface area contributed by atoms with E-state index >= 15 is 0 Å². The molecule has 0 aliphatic carbocycles. The minimum Gasteiger partial charge on any atom is -0.350 e. The average Bonchev–Trinajstić information content (AvgIpc) is 3.10. The van der Waals surface area contributed by atoms with Crippen molar-refractivity contribution in [2.24, 2.45) is 0 Å². The van der Waals surface area contributed by atoms with Crippen molar-refractivity contribution in [3.05, 3.63) is 36.4 Å². The van der Waals surface area contributed by atoms with Gasteiger partial charge < -0.3 is 15.2 Å². The van der Waals surface area contributed by atoms with E-state index in [9.17, 15) is 4.79 Å². The van der Waals surface area contributed by atoms with Gasteiger partial charge in [0.05, 0.1) is 0 Å². The fourth-order valence-corrected chi connectivity index (χ4v) is 2.08. The Hall–Kier alpha value is -2.21. The number of amides is 1. The van der Waals surface area contributed by atoms with Gasteiger partial charge in [0, 0.05) is 36.6 Å². The number of pyridine rings is 1. The molecule has 3 heterocycles. The van der Waals surface area contributed by atoms with Gasteiger partial charge >= 0.3 is 0 Å². The second kappa shape index (κ2) is 5.19. The lowest BCUT2D eigenvalue weighted by atomic mass is 10.2. The number of hydrogen-bond acceptors (Lipinski definition) is 5. The number of nitrogens with one attached hydrogen (secondary N) is 2. The van der Waals surface area contributed by atoms with Gasteiger partial charge in [-0.1, -0.05) is 5.16 Å². The van der Waals surface area contributed by atoms with Crippen LogP contribution in [0.4, 0.5) is 0 Å². The highest BCUT2D eigenvalue weighted by Crippen LogP contribution is 2.18. The van der Waals surface area contributed by atoms with Gasteiger partial charge in [-0.15, -0.1) is 0 Å². The number of rotatable bonds is 3. The van der Waals surface area contributed by atoms with Gasteiger partial charge in [0.1, 0.15) is 5.69 Å². The maximum absolute atomic E-state index is 12.0. The first kappa shape index (κ1) is 11.9. The lowest BCUT2D eigenvalue weighted by Crippen LogP contribution is -2.35. The van der Waals surface area contributed by atoms with Crippen molar-refractivity contribution < 1.29 is 9.32 Å². The Bertz CT molecular complexity index is 561. The normalized spacial score (nSPS) is 18.4. The molecule has 1 aliphatic heterocycles. The highest BCUT2D eigenvalue weighted by molar-refractivity contribution is 5.92. The summed E-state index contributed by atoms with van der Waals surface area (Å²) in [5, 5.41) is 10.0. The molecule has 2 aromatic heterocycles. The summed E-state index contributed by atoms with van der Waals surface area (Å²) in [4.78, 5) is 15.9. The molecule has 0 aromatic carbocycles. The monoisotopic (exact) mass is 258 g/mol. The Balaban J connectivity index is 1.72. The van der Waals surface area contributed by atoms with E-state index < -0.39 is 0 Å². The zero-order chi connectivity index (χ0) is 13.1. The molecule has 0 spiro atoms. The van der Waals surface area contributed by atoms with Crippen LogP contribution in [0.15, 0.2) is 35.1 Å². The summed E-state index contributed by atoms with van der Waals surface area (Å²) in [6.45, 7) is 1.74. The molecule has 1 atom stereocenters. The molecular weight excluding hydrogens is 244 g/mol. The summed E-state index contributed by atoms with van der Waals surface area (Å²) >= 11 is 0. The minimum atomic E-state index is -0.221. The summed E-state index contributed by atoms with van der Waals surface area (Å²) in [5.41, 5.74) is 1.51. The standard InChI is InChI=1S/C13H14N4O2/c18-13(16-10-3-6-15-8-10)12-7-11(17-19-12)9-1-4-14-5-2-9/h1-2,4-5,7,10,15H,3,6,8H2,(H,16,18)/t10-/m1/s1. The van der Waals surface area contributed by atoms with Crippen LogP contribution in [0, 0.1) is 0 Å². The number of carbonyl (C=O) groups is 1. The van der Waals surface area contributed by atoms with Crippen LogP contribution in [-0.4, -0.2) is 35.2 Å². The van der Waals surface area contributed by atoms with E-state index in [-0.39, 0.29) is 17.7 Å². The predicted molar refractivity (Wildman–Crippen MR) is 68.5 cm³/mol. The quantitative estimate of drug-likeness (QED) is 0.852. The maximum atomic E-state index is 12.0. The lowest BCUT2D eigenvalue weighted by molar-refractivity contribution is 0.0903. The maximum Gasteiger partial charge on any atom is 0.290 e. The van der Waals surface area contributed by atoms with Gasteiger partial charge in [-0.05, 0) is 25.1 Å². The summed E-state index contributed by atoms with van der Waals surface area (Å²) in [5.74, 6) is 0.0141. The predicted octanol–water partition coefficient (Wildman–Crippen LogP) is 0.828. The molecule has 98 valence electrons. The molecule has 19 heavy (non-hydrogen) atoms. The Kier molecular flexibility index (Phi) is 3.24. The third-order valence-electron chi connectivity index (χ3n) is 3.11. The number of aromatic nitrogens is 2. The van der Waals surface area contributed by atoms with Crippen molar-refractivity contribution in [2.75, 3.05) is 13.1 Å². The van der Waals surface area contributed by atoms with E-state index in [2.05, 4.69) is 20.8 Å². The van der Waals surface area contributed by atoms with Crippen molar-refractivity contribution >= 4 is 5.91 Å². The second-order valence-corrected chi connectivity index (χ2v) is 4.48. The first-order valence-electron chi connectivity index (χ1n) is 6.21. The van der Waals surface area contributed by atoms with Crippen LogP contribution >= 0.6 is 0 Å². The van der Waals surface area contributed by atoms with Crippen LogP contribution < -0.4 is 10.6 Å². The zero-order valence-corrected chi connectivity index (χ0v) is 10.3. The molecule has 6 heteroatoms. The van der Waals surface area contributed by atoms with Gasteiger partial charge in [-0.3, -0.25) is 9.78 Å². The van der Waals surface area contributed by atoms with Crippen LogP contribution in [0.5, 0.6) is 0 Å². The first-order chi connectivity index (χ1) is 9.33. The fourth-order valence-electron chi connectivity index (χ4n) is 2.08. The van der Waals surface area contributed by atoms with Crippen LogP contribution in [0.3, 0.4) is 0 Å². The number of hydrogen-bond donors (Lipinski definition) is 2. The van der Waals surface area contributed by atoms with Crippen molar-refractivity contribution in [1.82, 2.24) is 20.8 Å². The number of nitrogens with zero attached hydrogens (tertiary/aromatic N) is 2. The minimum absolute atomic E-state index is 0.168. The lowest BCUT2D eigenvalue weighted by Gasteiger charge is -2.08. The Morgan fingerprint density at radius 3 is 3.00 bits per heavy atom. The molecule has 0 radical (unpaired) electrons. The first-order valence-corrected chi connectivity index (χ1v) is 6.21. The molecule has 1 saturated heterocycles. The van der Waals surface area contributed by atoms with Crippen molar-refractivity contribution in [3.8, 4) is 11.3 Å². The summed E-state index contributed by atoms with van der Waals surface area (Å²) in [6.07, 6.45) is 4.29. The molecular formula is C13H14N4O2. The number of carbonyl (C=O) groups excluding carboxylic acids is 1. The van der Waals surface area contributed by atoms with Gasteiger partial charge in [0.25, 0.3) is 5.91 Å². The van der Waals surface area contributed by atoms with Gasteiger partial charge in [0.15, 0.2) is 0 Å². The zero-order valence-electron chi connectivity index (χ0n) is 10.3. The van der Waals surface area contributed by atoms with E-state index in [4.69, 9.17) is 4.52 Å². The summed E-state index contributed by atoms with van der Waals surface area (Å²) < 4.78 is 5.09. The van der Waals surface area contributed by atoms with Crippen LogP contribution in [0.25, 0.3) is 11.3 Å². The molecule has 1 aliphatic rings. The van der Waals surface area contributed by atoms with E-state index in [1.807, 2.05) is 12.1 Å². The third-order valence-corrected chi connectivity index (χ3v) is 3.11. The van der Waals surface area contributed by atoms with Crippen LogP contribution in [0.2, 0.25) is 0 Å². The molecule has 3 rings (SSSR count). The van der Waals surface area contributed by atoms with Gasteiger partial charge in [0.2, 0.25) is 5.76 Å². The van der Waals surface area contributed by atoms with Crippen molar-refractivity contribution in [3.63, 3.8) is 0 Å². The van der Waals surface area contributed by atoms with Crippen molar-refractivity contribution in [2.45, 2.75) is 12.5 Å². The molecule has 0 unspecified atom stereocenters. The van der Waals surface area contributed by atoms with Crippen molar-refractivity contribution in [1.29, 1.82) is 0 Å². The van der Waals surface area contributed by atoms with Gasteiger partial charge in [-0.25, -0.2) is 0 Å². The second-order valence-electron chi connectivity index (χ2n) is 4.48. The van der Waals surface area contributed by atoms with E-state index in [1.54, 1.807) is 18.5 Å². The van der Waals surface area contributed by atoms with Crippen LogP contribution in [-0.2, 0) is 0 Å². The molecule has 0 saturated carbocycles. The topological polar surface area (TPSA) is 80.0 Å². The molecule has 0 bridgehead atoms. The summed E-state index contributed by atoms with van der Waals surface area (Å²) in [6, 6.07) is 5.45. The average molecular weight is 258 g/mol. The Morgan fingerprint density at radius 2 is 2.26 bits per heavy atom. The fraction of sp³-hybridized carbons (Fsp3) is 0.308. The molecule has 1 fully saturated rings. The highest BCUT2D eigenvalue weighted by atomic mass is 16.5. The molecule has 6 nitrogen and oxygen atoms in total. The van der Waals surface area contributed by atoms with E-state index in [0.717, 1.165) is 25.1 Å². The van der Waals surface area contributed by atoms with Gasteiger partial charge in [-0.2, -0.15) is 0 Å². The molecule has 2 N–H and O–H groups in total. The van der Waals surface area contributed by atoms with E-state index in [0.29, 0.717) is 5.69 Å². The Morgan fingerprint density at radius 1 is 1.42 bits per heavy atom. The summed E-state index contributed by atoms with van der Waals surface area (Å²) in [7, 11) is 0. The van der Waals surface area contributed by atoms with Crippen LogP contribution in [0.1, 0.15) is 17.0 Å². The largest absolute Gasteiger partial charge is 0.350 e. The smallest absolute Gasteiger partial charge is 0.290 e. The van der Waals surface area contributed by atoms with E-state index in [1.165, 1.54) is 0 Å². The molecule has 2 aromatic rings. The molecule has 1 amide bonds.